The summed E-state index contributed by atoms with van der Waals surface area (Å²) in [6, 6.07) is 10.4. The zero-order valence-corrected chi connectivity index (χ0v) is 14.5. The summed E-state index contributed by atoms with van der Waals surface area (Å²) in [6.07, 6.45) is 6.49. The van der Waals surface area contributed by atoms with Gasteiger partial charge in [-0.3, -0.25) is 0 Å². The van der Waals surface area contributed by atoms with Gasteiger partial charge >= 0.3 is 6.03 Å². The lowest BCUT2D eigenvalue weighted by atomic mass is 9.72. The van der Waals surface area contributed by atoms with Gasteiger partial charge in [-0.1, -0.05) is 57.4 Å². The van der Waals surface area contributed by atoms with E-state index in [4.69, 9.17) is 0 Å². The Hall–Kier alpha value is -2.28. The zero-order valence-electron chi connectivity index (χ0n) is 14.5. The quantitative estimate of drug-likeness (QED) is 0.859. The first kappa shape index (κ1) is 16.6. The summed E-state index contributed by atoms with van der Waals surface area (Å²) >= 11 is 0. The minimum Gasteiger partial charge on any atom is -0.335 e. The van der Waals surface area contributed by atoms with E-state index in [1.54, 1.807) is 0 Å². The third-order valence-electron chi connectivity index (χ3n) is 5.14. The summed E-state index contributed by atoms with van der Waals surface area (Å²) in [5.74, 6) is 0. The van der Waals surface area contributed by atoms with Gasteiger partial charge in [0.25, 0.3) is 0 Å². The summed E-state index contributed by atoms with van der Waals surface area (Å²) < 4.78 is 0. The highest BCUT2D eigenvalue weighted by molar-refractivity contribution is 5.89. The predicted molar refractivity (Wildman–Crippen MR) is 95.0 cm³/mol. The number of carbonyl (C=O) groups is 1. The van der Waals surface area contributed by atoms with Crippen LogP contribution in [0.4, 0.5) is 4.79 Å². The minimum absolute atomic E-state index is 0.197. The van der Waals surface area contributed by atoms with Crippen LogP contribution in [0.2, 0.25) is 0 Å². The standard InChI is InChI=1S/C20H25N3O/c1-20(2)12-14-8-6-7-11-16(14)18(17(20)13-21)23-19(24)22-15-9-4-3-5-10-15/h6-8,11,15H,3-5,9-10,12H2,1-2H3,(H2,22,23,24). The van der Waals surface area contributed by atoms with Crippen LogP contribution in [0.1, 0.15) is 57.1 Å². The molecule has 2 amide bonds. The fraction of sp³-hybridized carbons (Fsp3) is 0.500. The van der Waals surface area contributed by atoms with E-state index in [2.05, 4.69) is 36.6 Å². The number of urea groups is 1. The molecule has 0 unspecified atom stereocenters. The third kappa shape index (κ3) is 3.31. The van der Waals surface area contributed by atoms with Gasteiger partial charge in [-0.25, -0.2) is 4.79 Å². The molecule has 3 rings (SSSR count). The second-order valence-electron chi connectivity index (χ2n) is 7.51. The number of nitrogens with one attached hydrogen (secondary N) is 2. The van der Waals surface area contributed by atoms with E-state index < -0.39 is 0 Å². The second kappa shape index (κ2) is 6.68. The molecule has 1 aromatic rings. The molecule has 24 heavy (non-hydrogen) atoms. The van der Waals surface area contributed by atoms with Gasteiger partial charge in [-0.2, -0.15) is 5.26 Å². The smallest absolute Gasteiger partial charge is 0.319 e. The van der Waals surface area contributed by atoms with Crippen LogP contribution in [0.25, 0.3) is 5.70 Å². The highest BCUT2D eigenvalue weighted by Crippen LogP contribution is 2.41. The van der Waals surface area contributed by atoms with E-state index >= 15 is 0 Å². The lowest BCUT2D eigenvalue weighted by molar-refractivity contribution is 0.236. The molecule has 0 spiro atoms. The Morgan fingerprint density at radius 2 is 1.92 bits per heavy atom. The maximum atomic E-state index is 12.5. The van der Waals surface area contributed by atoms with Crippen molar-refractivity contribution < 1.29 is 4.79 Å². The number of hydrogen-bond acceptors (Lipinski definition) is 2. The van der Waals surface area contributed by atoms with Crippen LogP contribution in [0.15, 0.2) is 29.8 Å². The predicted octanol–water partition coefficient (Wildman–Crippen LogP) is 4.14. The van der Waals surface area contributed by atoms with E-state index in [1.165, 1.54) is 24.8 Å². The second-order valence-corrected chi connectivity index (χ2v) is 7.51. The van der Waals surface area contributed by atoms with Crippen molar-refractivity contribution in [1.82, 2.24) is 10.6 Å². The number of nitriles is 1. The summed E-state index contributed by atoms with van der Waals surface area (Å²) in [4.78, 5) is 12.5. The Labute approximate surface area is 143 Å². The first-order valence-corrected chi connectivity index (χ1v) is 8.82. The molecule has 0 saturated heterocycles. The molecule has 1 aromatic carbocycles. The van der Waals surface area contributed by atoms with Gasteiger partial charge in [0.15, 0.2) is 0 Å². The van der Waals surface area contributed by atoms with Crippen LogP contribution in [0, 0.1) is 16.7 Å². The van der Waals surface area contributed by atoms with Crippen molar-refractivity contribution in [3.05, 3.63) is 41.0 Å². The van der Waals surface area contributed by atoms with Gasteiger partial charge in [0.1, 0.15) is 0 Å². The summed E-state index contributed by atoms with van der Waals surface area (Å²) in [7, 11) is 0. The molecule has 0 bridgehead atoms. The van der Waals surface area contributed by atoms with Crippen molar-refractivity contribution in [2.45, 2.75) is 58.4 Å². The van der Waals surface area contributed by atoms with E-state index in [-0.39, 0.29) is 17.5 Å². The van der Waals surface area contributed by atoms with Crippen LogP contribution in [0.3, 0.4) is 0 Å². The molecule has 2 aliphatic rings. The van der Waals surface area contributed by atoms with Crippen LogP contribution in [-0.2, 0) is 6.42 Å². The number of carbonyl (C=O) groups excluding carboxylic acids is 1. The largest absolute Gasteiger partial charge is 0.335 e. The highest BCUT2D eigenvalue weighted by Gasteiger charge is 2.34. The molecule has 1 saturated carbocycles. The Morgan fingerprint density at radius 1 is 1.21 bits per heavy atom. The first-order valence-electron chi connectivity index (χ1n) is 8.82. The molecule has 0 radical (unpaired) electrons. The topological polar surface area (TPSA) is 64.9 Å². The number of hydrogen-bond donors (Lipinski definition) is 2. The van der Waals surface area contributed by atoms with Crippen molar-refractivity contribution in [3.8, 4) is 6.07 Å². The molecule has 0 heterocycles. The molecule has 2 N–H and O–H groups in total. The monoisotopic (exact) mass is 323 g/mol. The summed E-state index contributed by atoms with van der Waals surface area (Å²) in [5, 5.41) is 15.7. The van der Waals surface area contributed by atoms with Crippen LogP contribution in [-0.4, -0.2) is 12.1 Å². The van der Waals surface area contributed by atoms with E-state index in [9.17, 15) is 10.1 Å². The van der Waals surface area contributed by atoms with Crippen molar-refractivity contribution in [1.29, 1.82) is 5.26 Å². The maximum Gasteiger partial charge on any atom is 0.319 e. The number of amides is 2. The van der Waals surface area contributed by atoms with Crippen molar-refractivity contribution >= 4 is 11.7 Å². The maximum absolute atomic E-state index is 12.5. The lowest BCUT2D eigenvalue weighted by Crippen LogP contribution is -2.43. The number of benzene rings is 1. The number of nitrogens with zero attached hydrogens (tertiary/aromatic N) is 1. The molecular formula is C20H25N3O. The average molecular weight is 323 g/mol. The molecule has 1 fully saturated rings. The fourth-order valence-electron chi connectivity index (χ4n) is 3.87. The van der Waals surface area contributed by atoms with E-state index in [0.29, 0.717) is 11.3 Å². The van der Waals surface area contributed by atoms with Gasteiger partial charge in [-0.15, -0.1) is 0 Å². The van der Waals surface area contributed by atoms with Crippen LogP contribution < -0.4 is 10.6 Å². The Kier molecular flexibility index (Phi) is 4.62. The lowest BCUT2D eigenvalue weighted by Gasteiger charge is -2.33. The zero-order chi connectivity index (χ0) is 17.2. The Balaban J connectivity index is 1.86. The molecular weight excluding hydrogens is 298 g/mol. The fourth-order valence-corrected chi connectivity index (χ4v) is 3.87. The third-order valence-corrected chi connectivity index (χ3v) is 5.14. The molecule has 0 aliphatic heterocycles. The van der Waals surface area contributed by atoms with Crippen LogP contribution >= 0.6 is 0 Å². The van der Waals surface area contributed by atoms with E-state index in [1.807, 2.05) is 18.2 Å². The Bertz CT molecular complexity index is 706. The number of allylic oxidation sites excluding steroid dienone is 1. The SMILES string of the molecule is CC1(C)Cc2ccccc2C(NC(=O)NC2CCCCC2)=C1C#N. The van der Waals surface area contributed by atoms with Gasteiger partial charge < -0.3 is 10.6 Å². The summed E-state index contributed by atoms with van der Waals surface area (Å²) in [6.45, 7) is 4.12. The van der Waals surface area contributed by atoms with Crippen LogP contribution in [0.5, 0.6) is 0 Å². The molecule has 4 nitrogen and oxygen atoms in total. The minimum atomic E-state index is -0.281. The van der Waals surface area contributed by atoms with Gasteiger partial charge in [-0.05, 0) is 24.8 Å². The first-order chi connectivity index (χ1) is 11.5. The van der Waals surface area contributed by atoms with Crippen molar-refractivity contribution in [3.63, 3.8) is 0 Å². The molecule has 0 atom stereocenters. The van der Waals surface area contributed by atoms with Crippen molar-refractivity contribution in [2.75, 3.05) is 0 Å². The number of fused-ring (bicyclic) bond motifs is 1. The Morgan fingerprint density at radius 3 is 2.62 bits per heavy atom. The molecule has 126 valence electrons. The molecule has 0 aromatic heterocycles. The van der Waals surface area contributed by atoms with Gasteiger partial charge in [0, 0.05) is 17.0 Å². The number of rotatable bonds is 2. The summed E-state index contributed by atoms with van der Waals surface area (Å²) in [5.41, 5.74) is 3.18. The average Bonchev–Trinajstić information content (AvgIpc) is 2.55. The molecule has 2 aliphatic carbocycles. The van der Waals surface area contributed by atoms with Gasteiger partial charge in [0.05, 0.1) is 17.3 Å². The highest BCUT2D eigenvalue weighted by atomic mass is 16.2. The van der Waals surface area contributed by atoms with Gasteiger partial charge in [0.2, 0.25) is 0 Å². The van der Waals surface area contributed by atoms with Crippen molar-refractivity contribution in [2.24, 2.45) is 5.41 Å². The molecule has 4 heteroatoms. The van der Waals surface area contributed by atoms with E-state index in [0.717, 1.165) is 24.8 Å². The normalized spacial score (nSPS) is 20.0.